The van der Waals surface area contributed by atoms with Gasteiger partial charge in [0.1, 0.15) is 5.82 Å². The van der Waals surface area contributed by atoms with Gasteiger partial charge in [0.05, 0.1) is 0 Å². The van der Waals surface area contributed by atoms with Gasteiger partial charge in [-0.2, -0.15) is 5.10 Å². The third-order valence-electron chi connectivity index (χ3n) is 3.35. The van der Waals surface area contributed by atoms with E-state index in [1.807, 2.05) is 0 Å². The third kappa shape index (κ3) is 3.95. The molecule has 17 heavy (non-hydrogen) atoms. The summed E-state index contributed by atoms with van der Waals surface area (Å²) in [6.45, 7) is 14.4. The summed E-state index contributed by atoms with van der Waals surface area (Å²) in [5, 5.41) is 7.28. The van der Waals surface area contributed by atoms with Gasteiger partial charge < -0.3 is 4.57 Å². The number of hydrogen-bond acceptors (Lipinski definition) is 2. The summed E-state index contributed by atoms with van der Waals surface area (Å²) >= 11 is 5.28. The molecule has 1 aromatic rings. The zero-order chi connectivity index (χ0) is 13.2. The highest BCUT2D eigenvalue weighted by Gasteiger charge is 2.22. The lowest BCUT2D eigenvalue weighted by Gasteiger charge is -2.27. The Hall–Kier alpha value is -0.640. The molecular weight excluding hydrogens is 230 g/mol. The van der Waals surface area contributed by atoms with E-state index in [4.69, 9.17) is 12.2 Å². The largest absolute Gasteiger partial charge is 0.304 e. The smallest absolute Gasteiger partial charge is 0.195 e. The Morgan fingerprint density at radius 1 is 1.29 bits per heavy atom. The van der Waals surface area contributed by atoms with Gasteiger partial charge in [0.2, 0.25) is 0 Å². The van der Waals surface area contributed by atoms with Gasteiger partial charge in [-0.15, -0.1) is 0 Å². The van der Waals surface area contributed by atoms with Crippen molar-refractivity contribution in [2.24, 2.45) is 17.3 Å². The molecule has 1 aromatic heterocycles. The van der Waals surface area contributed by atoms with E-state index in [1.165, 1.54) is 0 Å². The first-order chi connectivity index (χ1) is 7.71. The Morgan fingerprint density at radius 3 is 2.35 bits per heavy atom. The SMILES string of the molecule is CC(C)Cn1c(CC(C)C(C)(C)C)n[nH]c1=S. The number of aromatic nitrogens is 3. The second kappa shape index (κ2) is 5.34. The first-order valence-electron chi connectivity index (χ1n) is 6.36. The first-order valence-corrected chi connectivity index (χ1v) is 6.76. The van der Waals surface area contributed by atoms with Gasteiger partial charge in [0.25, 0.3) is 0 Å². The van der Waals surface area contributed by atoms with Crippen molar-refractivity contribution in [3.8, 4) is 0 Å². The Balaban J connectivity index is 2.89. The zero-order valence-electron chi connectivity index (χ0n) is 11.9. The standard InChI is InChI=1S/C13H25N3S/c1-9(2)8-16-11(14-15-12(16)17)7-10(3)13(4,5)6/h9-10H,7-8H2,1-6H3,(H,15,17). The fourth-order valence-corrected chi connectivity index (χ4v) is 1.87. The normalized spacial score (nSPS) is 14.3. The van der Waals surface area contributed by atoms with Crippen LogP contribution in [0.4, 0.5) is 0 Å². The van der Waals surface area contributed by atoms with E-state index in [2.05, 4.69) is 56.3 Å². The van der Waals surface area contributed by atoms with Crippen LogP contribution in [0.1, 0.15) is 47.4 Å². The number of nitrogens with one attached hydrogen (secondary N) is 1. The van der Waals surface area contributed by atoms with E-state index in [1.54, 1.807) is 0 Å². The number of aromatic amines is 1. The molecule has 0 amide bonds. The van der Waals surface area contributed by atoms with Gasteiger partial charge in [-0.05, 0) is 29.5 Å². The van der Waals surface area contributed by atoms with Crippen LogP contribution in [0.3, 0.4) is 0 Å². The monoisotopic (exact) mass is 255 g/mol. The molecule has 1 atom stereocenters. The van der Waals surface area contributed by atoms with Crippen LogP contribution < -0.4 is 0 Å². The number of nitrogens with zero attached hydrogens (tertiary/aromatic N) is 2. The van der Waals surface area contributed by atoms with Gasteiger partial charge in [0.15, 0.2) is 4.77 Å². The molecule has 0 saturated heterocycles. The van der Waals surface area contributed by atoms with Crippen LogP contribution in [0, 0.1) is 22.0 Å². The lowest BCUT2D eigenvalue weighted by atomic mass is 9.80. The summed E-state index contributed by atoms with van der Waals surface area (Å²) in [6.07, 6.45) is 0.976. The Morgan fingerprint density at radius 2 is 1.88 bits per heavy atom. The maximum Gasteiger partial charge on any atom is 0.195 e. The summed E-state index contributed by atoms with van der Waals surface area (Å²) in [6, 6.07) is 0. The molecule has 1 unspecified atom stereocenters. The van der Waals surface area contributed by atoms with Gasteiger partial charge in [-0.1, -0.05) is 41.5 Å². The average Bonchev–Trinajstić information content (AvgIpc) is 2.47. The molecule has 0 bridgehead atoms. The van der Waals surface area contributed by atoms with Crippen molar-refractivity contribution in [3.05, 3.63) is 10.6 Å². The highest BCUT2D eigenvalue weighted by molar-refractivity contribution is 7.71. The molecule has 1 heterocycles. The van der Waals surface area contributed by atoms with Crippen LogP contribution in [0.15, 0.2) is 0 Å². The van der Waals surface area contributed by atoms with Crippen LogP contribution >= 0.6 is 12.2 Å². The Kier molecular flexibility index (Phi) is 4.53. The predicted octanol–water partition coefficient (Wildman–Crippen LogP) is 3.82. The molecule has 0 spiro atoms. The molecule has 0 aliphatic heterocycles. The molecule has 1 rings (SSSR count). The van der Waals surface area contributed by atoms with Gasteiger partial charge >= 0.3 is 0 Å². The molecule has 1 N–H and O–H groups in total. The minimum Gasteiger partial charge on any atom is -0.304 e. The van der Waals surface area contributed by atoms with Gasteiger partial charge in [-0.3, -0.25) is 5.10 Å². The summed E-state index contributed by atoms with van der Waals surface area (Å²) in [5.74, 6) is 2.26. The molecule has 0 saturated carbocycles. The molecule has 3 nitrogen and oxygen atoms in total. The minimum atomic E-state index is 0.302. The van der Waals surface area contributed by atoms with E-state index in [0.717, 1.165) is 23.6 Å². The van der Waals surface area contributed by atoms with E-state index < -0.39 is 0 Å². The third-order valence-corrected chi connectivity index (χ3v) is 3.66. The maximum absolute atomic E-state index is 5.28. The molecule has 0 aliphatic rings. The number of H-pyrrole nitrogens is 1. The van der Waals surface area contributed by atoms with Gasteiger partial charge in [-0.25, -0.2) is 0 Å². The summed E-state index contributed by atoms with van der Waals surface area (Å²) in [4.78, 5) is 0. The van der Waals surface area contributed by atoms with E-state index >= 15 is 0 Å². The lowest BCUT2D eigenvalue weighted by molar-refractivity contribution is 0.253. The molecule has 0 fully saturated rings. The highest BCUT2D eigenvalue weighted by Crippen LogP contribution is 2.28. The number of rotatable bonds is 4. The predicted molar refractivity (Wildman–Crippen MR) is 74.6 cm³/mol. The Labute approximate surface area is 110 Å². The van der Waals surface area contributed by atoms with E-state index in [0.29, 0.717) is 17.3 Å². The molecule has 4 heteroatoms. The summed E-state index contributed by atoms with van der Waals surface area (Å²) in [7, 11) is 0. The maximum atomic E-state index is 5.28. The fourth-order valence-electron chi connectivity index (χ4n) is 1.64. The van der Waals surface area contributed by atoms with Crippen LogP contribution in [-0.4, -0.2) is 14.8 Å². The van der Waals surface area contributed by atoms with Crippen molar-refractivity contribution in [1.29, 1.82) is 0 Å². The summed E-state index contributed by atoms with van der Waals surface area (Å²) in [5.41, 5.74) is 0.302. The lowest BCUT2D eigenvalue weighted by Crippen LogP contribution is -2.22. The van der Waals surface area contributed by atoms with Crippen molar-refractivity contribution < 1.29 is 0 Å². The second-order valence-electron chi connectivity index (χ2n) is 6.42. The highest BCUT2D eigenvalue weighted by atomic mass is 32.1. The molecule has 0 aliphatic carbocycles. The van der Waals surface area contributed by atoms with Crippen LogP contribution in [0.2, 0.25) is 0 Å². The van der Waals surface area contributed by atoms with Crippen molar-refractivity contribution >= 4 is 12.2 Å². The molecular formula is C13H25N3S. The quantitative estimate of drug-likeness (QED) is 0.830. The van der Waals surface area contributed by atoms with Crippen molar-refractivity contribution in [2.45, 2.75) is 54.5 Å². The van der Waals surface area contributed by atoms with Crippen molar-refractivity contribution in [1.82, 2.24) is 14.8 Å². The number of hydrogen-bond donors (Lipinski definition) is 1. The van der Waals surface area contributed by atoms with Crippen LogP contribution in [0.5, 0.6) is 0 Å². The zero-order valence-corrected chi connectivity index (χ0v) is 12.7. The van der Waals surface area contributed by atoms with Crippen molar-refractivity contribution in [3.63, 3.8) is 0 Å². The van der Waals surface area contributed by atoms with E-state index in [9.17, 15) is 0 Å². The second-order valence-corrected chi connectivity index (χ2v) is 6.81. The molecule has 98 valence electrons. The van der Waals surface area contributed by atoms with Crippen LogP contribution in [0.25, 0.3) is 0 Å². The Bertz CT molecular complexity index is 409. The minimum absolute atomic E-state index is 0.302. The van der Waals surface area contributed by atoms with Crippen LogP contribution in [-0.2, 0) is 13.0 Å². The average molecular weight is 255 g/mol. The van der Waals surface area contributed by atoms with Crippen molar-refractivity contribution in [2.75, 3.05) is 0 Å². The topological polar surface area (TPSA) is 33.6 Å². The summed E-state index contributed by atoms with van der Waals surface area (Å²) < 4.78 is 2.89. The molecule has 0 aromatic carbocycles. The first kappa shape index (κ1) is 14.4. The van der Waals surface area contributed by atoms with Gasteiger partial charge in [0, 0.05) is 13.0 Å². The van der Waals surface area contributed by atoms with E-state index in [-0.39, 0.29) is 0 Å². The fraction of sp³-hybridized carbons (Fsp3) is 0.846. The molecule has 0 radical (unpaired) electrons.